The van der Waals surface area contributed by atoms with E-state index < -0.39 is 0 Å². The highest BCUT2D eigenvalue weighted by molar-refractivity contribution is 5.47. The Kier molecular flexibility index (Phi) is 5.09. The van der Waals surface area contributed by atoms with Gasteiger partial charge in [-0.1, -0.05) is 13.0 Å². The SMILES string of the molecule is CCCNCc1cccnc1N1CCCN2CCCC2C1. The second-order valence-electron chi connectivity index (χ2n) is 6.29. The van der Waals surface area contributed by atoms with Crippen LogP contribution in [0.1, 0.15) is 38.2 Å². The van der Waals surface area contributed by atoms with Crippen molar-refractivity contribution in [2.75, 3.05) is 37.6 Å². The Morgan fingerprint density at radius 1 is 1.29 bits per heavy atom. The first-order chi connectivity index (χ1) is 10.4. The highest BCUT2D eigenvalue weighted by Gasteiger charge is 2.29. The number of nitrogens with one attached hydrogen (secondary N) is 1. The summed E-state index contributed by atoms with van der Waals surface area (Å²) in [5.74, 6) is 1.20. The lowest BCUT2D eigenvalue weighted by Crippen LogP contribution is -2.37. The van der Waals surface area contributed by atoms with Crippen LogP contribution < -0.4 is 10.2 Å². The Labute approximate surface area is 128 Å². The van der Waals surface area contributed by atoms with E-state index >= 15 is 0 Å². The van der Waals surface area contributed by atoms with Crippen LogP contribution in [0.4, 0.5) is 5.82 Å². The Bertz CT molecular complexity index is 448. The molecule has 0 amide bonds. The quantitative estimate of drug-likeness (QED) is 0.842. The van der Waals surface area contributed by atoms with E-state index in [1.165, 1.54) is 50.2 Å². The fourth-order valence-corrected chi connectivity index (χ4v) is 3.65. The van der Waals surface area contributed by atoms with Gasteiger partial charge in [-0.25, -0.2) is 4.98 Å². The van der Waals surface area contributed by atoms with E-state index in [9.17, 15) is 0 Å². The summed E-state index contributed by atoms with van der Waals surface area (Å²) < 4.78 is 0. The normalized spacial score (nSPS) is 23.1. The first-order valence-electron chi connectivity index (χ1n) is 8.52. The van der Waals surface area contributed by atoms with Crippen LogP contribution in [0.15, 0.2) is 18.3 Å². The molecule has 0 aromatic carbocycles. The molecule has 1 unspecified atom stereocenters. The second-order valence-corrected chi connectivity index (χ2v) is 6.29. The molecule has 3 heterocycles. The molecular formula is C17H28N4. The minimum atomic E-state index is 0.742. The highest BCUT2D eigenvalue weighted by atomic mass is 15.3. The van der Waals surface area contributed by atoms with Gasteiger partial charge in [0.05, 0.1) is 0 Å². The summed E-state index contributed by atoms with van der Waals surface area (Å²) in [5, 5.41) is 3.52. The van der Waals surface area contributed by atoms with Crippen molar-refractivity contribution < 1.29 is 0 Å². The largest absolute Gasteiger partial charge is 0.355 e. The molecule has 2 aliphatic rings. The molecule has 3 rings (SSSR count). The van der Waals surface area contributed by atoms with Gasteiger partial charge in [0, 0.05) is 44.0 Å². The third-order valence-electron chi connectivity index (χ3n) is 4.71. The third kappa shape index (κ3) is 3.55. The average molecular weight is 288 g/mol. The topological polar surface area (TPSA) is 31.4 Å². The predicted molar refractivity (Wildman–Crippen MR) is 87.7 cm³/mol. The molecule has 1 aromatic heterocycles. The minimum absolute atomic E-state index is 0.742. The zero-order valence-electron chi connectivity index (χ0n) is 13.2. The van der Waals surface area contributed by atoms with Gasteiger partial charge in [-0.15, -0.1) is 0 Å². The number of anilines is 1. The first kappa shape index (κ1) is 14.8. The van der Waals surface area contributed by atoms with Crippen LogP contribution >= 0.6 is 0 Å². The Balaban J connectivity index is 1.72. The standard InChI is InChI=1S/C17H28N4/c1-2-8-18-13-15-6-3-9-19-17(15)21-12-5-11-20-10-4-7-16(20)14-21/h3,6,9,16,18H,2,4-5,7-8,10-14H2,1H3. The number of fused-ring (bicyclic) bond motifs is 1. The maximum atomic E-state index is 4.70. The summed E-state index contributed by atoms with van der Waals surface area (Å²) in [7, 11) is 0. The summed E-state index contributed by atoms with van der Waals surface area (Å²) in [5.41, 5.74) is 1.34. The predicted octanol–water partition coefficient (Wildman–Crippen LogP) is 2.26. The maximum Gasteiger partial charge on any atom is 0.133 e. The molecule has 1 aromatic rings. The summed E-state index contributed by atoms with van der Waals surface area (Å²) in [4.78, 5) is 9.91. The van der Waals surface area contributed by atoms with Crippen LogP contribution in [0.3, 0.4) is 0 Å². The fourth-order valence-electron chi connectivity index (χ4n) is 3.65. The van der Waals surface area contributed by atoms with E-state index in [0.29, 0.717) is 0 Å². The molecule has 2 saturated heterocycles. The average Bonchev–Trinajstić information content (AvgIpc) is 2.85. The van der Waals surface area contributed by atoms with Crippen molar-refractivity contribution in [3.8, 4) is 0 Å². The summed E-state index contributed by atoms with van der Waals surface area (Å²) in [6.07, 6.45) is 7.10. The van der Waals surface area contributed by atoms with E-state index in [2.05, 4.69) is 34.2 Å². The highest BCUT2D eigenvalue weighted by Crippen LogP contribution is 2.25. The third-order valence-corrected chi connectivity index (χ3v) is 4.71. The first-order valence-corrected chi connectivity index (χ1v) is 8.52. The summed E-state index contributed by atoms with van der Waals surface area (Å²) in [6, 6.07) is 5.03. The van der Waals surface area contributed by atoms with E-state index in [0.717, 1.165) is 32.2 Å². The van der Waals surface area contributed by atoms with Crippen LogP contribution in [0.2, 0.25) is 0 Å². The molecular weight excluding hydrogens is 260 g/mol. The van der Waals surface area contributed by atoms with Crippen molar-refractivity contribution in [1.29, 1.82) is 0 Å². The zero-order chi connectivity index (χ0) is 14.5. The van der Waals surface area contributed by atoms with E-state index in [4.69, 9.17) is 4.98 Å². The van der Waals surface area contributed by atoms with Crippen LogP contribution in [0, 0.1) is 0 Å². The molecule has 116 valence electrons. The van der Waals surface area contributed by atoms with Crippen LogP contribution in [0.25, 0.3) is 0 Å². The van der Waals surface area contributed by atoms with Gasteiger partial charge in [0.25, 0.3) is 0 Å². The van der Waals surface area contributed by atoms with Gasteiger partial charge in [0.15, 0.2) is 0 Å². The number of pyridine rings is 1. The minimum Gasteiger partial charge on any atom is -0.355 e. The number of nitrogens with zero attached hydrogens (tertiary/aromatic N) is 3. The Hall–Kier alpha value is -1.13. The van der Waals surface area contributed by atoms with Crippen molar-refractivity contribution in [1.82, 2.24) is 15.2 Å². The molecule has 0 radical (unpaired) electrons. The van der Waals surface area contributed by atoms with Gasteiger partial charge < -0.3 is 10.2 Å². The van der Waals surface area contributed by atoms with Gasteiger partial charge in [-0.3, -0.25) is 4.90 Å². The van der Waals surface area contributed by atoms with E-state index in [1.807, 2.05) is 6.20 Å². The Morgan fingerprint density at radius 3 is 3.10 bits per heavy atom. The smallest absolute Gasteiger partial charge is 0.133 e. The molecule has 0 spiro atoms. The van der Waals surface area contributed by atoms with Crippen molar-refractivity contribution in [3.63, 3.8) is 0 Å². The molecule has 21 heavy (non-hydrogen) atoms. The van der Waals surface area contributed by atoms with Crippen molar-refractivity contribution in [3.05, 3.63) is 23.9 Å². The van der Waals surface area contributed by atoms with Gasteiger partial charge in [0.2, 0.25) is 0 Å². The number of hydrogen-bond acceptors (Lipinski definition) is 4. The molecule has 2 aliphatic heterocycles. The van der Waals surface area contributed by atoms with Crippen molar-refractivity contribution in [2.24, 2.45) is 0 Å². The number of rotatable bonds is 5. The van der Waals surface area contributed by atoms with Crippen LogP contribution in [-0.2, 0) is 6.54 Å². The monoisotopic (exact) mass is 288 g/mol. The van der Waals surface area contributed by atoms with Crippen molar-refractivity contribution in [2.45, 2.75) is 45.2 Å². The van der Waals surface area contributed by atoms with E-state index in [1.54, 1.807) is 0 Å². The molecule has 4 nitrogen and oxygen atoms in total. The lowest BCUT2D eigenvalue weighted by molar-refractivity contribution is 0.273. The lowest BCUT2D eigenvalue weighted by atomic mass is 10.2. The molecule has 0 saturated carbocycles. The zero-order valence-corrected chi connectivity index (χ0v) is 13.2. The molecule has 0 bridgehead atoms. The molecule has 4 heteroatoms. The maximum absolute atomic E-state index is 4.70. The molecule has 2 fully saturated rings. The van der Waals surface area contributed by atoms with Crippen LogP contribution in [0.5, 0.6) is 0 Å². The van der Waals surface area contributed by atoms with Gasteiger partial charge in [-0.2, -0.15) is 0 Å². The number of hydrogen-bond donors (Lipinski definition) is 1. The number of aromatic nitrogens is 1. The fraction of sp³-hybridized carbons (Fsp3) is 0.706. The summed E-state index contributed by atoms with van der Waals surface area (Å²) >= 11 is 0. The Morgan fingerprint density at radius 2 is 2.19 bits per heavy atom. The van der Waals surface area contributed by atoms with Crippen molar-refractivity contribution >= 4 is 5.82 Å². The van der Waals surface area contributed by atoms with Gasteiger partial charge in [-0.05, 0) is 44.8 Å². The second kappa shape index (κ2) is 7.23. The lowest BCUT2D eigenvalue weighted by Gasteiger charge is -2.28. The van der Waals surface area contributed by atoms with Crippen LogP contribution in [-0.4, -0.2) is 48.6 Å². The summed E-state index contributed by atoms with van der Waals surface area (Å²) in [6.45, 7) is 9.07. The van der Waals surface area contributed by atoms with E-state index in [-0.39, 0.29) is 0 Å². The van der Waals surface area contributed by atoms with Gasteiger partial charge in [0.1, 0.15) is 5.82 Å². The molecule has 0 aliphatic carbocycles. The van der Waals surface area contributed by atoms with Gasteiger partial charge >= 0.3 is 0 Å². The molecule has 1 N–H and O–H groups in total. The molecule has 1 atom stereocenters.